The molecule has 30 heavy (non-hydrogen) atoms. The molecule has 2 aromatic carbocycles. The minimum Gasteiger partial charge on any atom is -0.484 e. The third-order valence-electron chi connectivity index (χ3n) is 6.25. The molecule has 0 saturated heterocycles. The van der Waals surface area contributed by atoms with Gasteiger partial charge in [0.05, 0.1) is 11.9 Å². The van der Waals surface area contributed by atoms with Gasteiger partial charge in [-0.2, -0.15) is 0 Å². The lowest BCUT2D eigenvalue weighted by Gasteiger charge is -2.31. The van der Waals surface area contributed by atoms with Crippen molar-refractivity contribution in [3.05, 3.63) is 84.1 Å². The van der Waals surface area contributed by atoms with Gasteiger partial charge in [-0.05, 0) is 41.5 Å². The number of hydrogen-bond acceptors (Lipinski definition) is 2. The van der Waals surface area contributed by atoms with Crippen LogP contribution in [0.1, 0.15) is 70.1 Å². The van der Waals surface area contributed by atoms with E-state index in [2.05, 4.69) is 87.5 Å². The fourth-order valence-electron chi connectivity index (χ4n) is 4.42. The Morgan fingerprint density at radius 2 is 1.53 bits per heavy atom. The summed E-state index contributed by atoms with van der Waals surface area (Å²) in [7, 11) is 0. The first kappa shape index (κ1) is 20.7. The molecule has 0 radical (unpaired) electrons. The van der Waals surface area contributed by atoms with E-state index in [1.807, 2.05) is 6.20 Å². The summed E-state index contributed by atoms with van der Waals surface area (Å²) >= 11 is 0. The highest BCUT2D eigenvalue weighted by atomic mass is 16.5. The first-order chi connectivity index (χ1) is 14.5. The minimum absolute atomic E-state index is 0.102. The Balaban J connectivity index is 1.52. The van der Waals surface area contributed by atoms with Crippen LogP contribution < -0.4 is 4.74 Å². The maximum atomic E-state index is 6.53. The van der Waals surface area contributed by atoms with E-state index in [-0.39, 0.29) is 11.5 Å². The maximum Gasteiger partial charge on any atom is 0.138 e. The molecule has 1 unspecified atom stereocenters. The van der Waals surface area contributed by atoms with E-state index in [1.165, 1.54) is 43.2 Å². The number of hydrogen-bond donors (Lipinski definition) is 0. The van der Waals surface area contributed by atoms with E-state index >= 15 is 0 Å². The van der Waals surface area contributed by atoms with E-state index < -0.39 is 0 Å². The monoisotopic (exact) mass is 399 g/mol. The van der Waals surface area contributed by atoms with Gasteiger partial charge in [0, 0.05) is 11.5 Å². The van der Waals surface area contributed by atoms with Gasteiger partial charge in [0.2, 0.25) is 0 Å². The van der Waals surface area contributed by atoms with Crippen LogP contribution in [0.4, 0.5) is 0 Å². The molecule has 1 aliphatic rings. The molecule has 1 aromatic heterocycles. The predicted molar refractivity (Wildman–Crippen MR) is 125 cm³/mol. The molecule has 1 heterocycles. The Hall–Kier alpha value is -2.61. The average Bonchev–Trinajstić information content (AvgIpc) is 2.79. The number of ether oxygens (including phenoxy) is 1. The molecular formula is C28H33NO. The number of pyridine rings is 1. The van der Waals surface area contributed by atoms with Gasteiger partial charge in [0.1, 0.15) is 11.9 Å². The Morgan fingerprint density at radius 3 is 2.13 bits per heavy atom. The van der Waals surface area contributed by atoms with E-state index in [4.69, 9.17) is 9.72 Å². The molecule has 0 N–H and O–H groups in total. The van der Waals surface area contributed by atoms with Crippen LogP contribution >= 0.6 is 0 Å². The number of benzene rings is 2. The molecule has 1 atom stereocenters. The molecule has 1 aliphatic carbocycles. The Kier molecular flexibility index (Phi) is 6.22. The molecular weight excluding hydrogens is 366 g/mol. The van der Waals surface area contributed by atoms with Crippen LogP contribution in [0.5, 0.6) is 5.75 Å². The van der Waals surface area contributed by atoms with Crippen molar-refractivity contribution < 1.29 is 4.74 Å². The summed E-state index contributed by atoms with van der Waals surface area (Å²) in [5.74, 6) is 1.43. The van der Waals surface area contributed by atoms with E-state index in [1.54, 1.807) is 0 Å². The Morgan fingerprint density at radius 1 is 0.833 bits per heavy atom. The van der Waals surface area contributed by atoms with Crippen LogP contribution in [-0.2, 0) is 5.41 Å². The standard InChI is InChI=1S/C28H33NO/c1-28(2,3)24-16-14-21(15-17-24)26-19-18-25(20-29-26)30-27(22-10-6-4-7-11-22)23-12-8-5-9-13-23/h4,6-7,10-11,14-20,23,27H,5,8-9,12-13H2,1-3H3. The van der Waals surface area contributed by atoms with Crippen molar-refractivity contribution >= 4 is 0 Å². The summed E-state index contributed by atoms with van der Waals surface area (Å²) in [4.78, 5) is 4.71. The maximum absolute atomic E-state index is 6.53. The summed E-state index contributed by atoms with van der Waals surface area (Å²) in [5.41, 5.74) is 4.89. The highest BCUT2D eigenvalue weighted by Crippen LogP contribution is 2.37. The van der Waals surface area contributed by atoms with Crippen molar-refractivity contribution in [1.29, 1.82) is 0 Å². The fourth-order valence-corrected chi connectivity index (χ4v) is 4.42. The first-order valence-electron chi connectivity index (χ1n) is 11.3. The number of nitrogens with zero attached hydrogens (tertiary/aromatic N) is 1. The van der Waals surface area contributed by atoms with Gasteiger partial charge in [-0.25, -0.2) is 0 Å². The summed E-state index contributed by atoms with van der Waals surface area (Å²) in [5, 5.41) is 0. The van der Waals surface area contributed by atoms with Crippen molar-refractivity contribution in [3.63, 3.8) is 0 Å². The van der Waals surface area contributed by atoms with Crippen molar-refractivity contribution in [1.82, 2.24) is 4.98 Å². The normalized spacial score (nSPS) is 16.2. The van der Waals surface area contributed by atoms with Crippen LogP contribution in [0, 0.1) is 5.92 Å². The first-order valence-corrected chi connectivity index (χ1v) is 11.3. The van der Waals surface area contributed by atoms with E-state index in [0.29, 0.717) is 5.92 Å². The fraction of sp³-hybridized carbons (Fsp3) is 0.393. The van der Waals surface area contributed by atoms with Gasteiger partial charge in [-0.15, -0.1) is 0 Å². The lowest BCUT2D eigenvalue weighted by molar-refractivity contribution is 0.108. The topological polar surface area (TPSA) is 22.1 Å². The molecule has 0 bridgehead atoms. The summed E-state index contributed by atoms with van der Waals surface area (Å²) in [6, 6.07) is 23.6. The molecule has 0 aliphatic heterocycles. The van der Waals surface area contributed by atoms with Gasteiger partial charge in [0.15, 0.2) is 0 Å². The van der Waals surface area contributed by atoms with Crippen LogP contribution in [-0.4, -0.2) is 4.98 Å². The van der Waals surface area contributed by atoms with Crippen molar-refractivity contribution in [2.75, 3.05) is 0 Å². The zero-order valence-electron chi connectivity index (χ0n) is 18.5. The summed E-state index contributed by atoms with van der Waals surface area (Å²) in [6.45, 7) is 6.71. The second-order valence-corrected chi connectivity index (χ2v) is 9.55. The van der Waals surface area contributed by atoms with Crippen molar-refractivity contribution in [3.8, 4) is 17.0 Å². The molecule has 4 rings (SSSR count). The quantitative estimate of drug-likeness (QED) is 0.437. The van der Waals surface area contributed by atoms with Gasteiger partial charge >= 0.3 is 0 Å². The zero-order chi connectivity index (χ0) is 21.0. The zero-order valence-corrected chi connectivity index (χ0v) is 18.5. The average molecular weight is 400 g/mol. The molecule has 1 fully saturated rings. The van der Waals surface area contributed by atoms with Crippen LogP contribution in [0.15, 0.2) is 72.9 Å². The van der Waals surface area contributed by atoms with E-state index in [9.17, 15) is 0 Å². The Bertz CT molecular complexity index is 917. The van der Waals surface area contributed by atoms with Gasteiger partial charge in [-0.3, -0.25) is 4.98 Å². The second-order valence-electron chi connectivity index (χ2n) is 9.55. The largest absolute Gasteiger partial charge is 0.484 e. The molecule has 0 spiro atoms. The molecule has 1 saturated carbocycles. The Labute approximate surface area is 181 Å². The summed E-state index contributed by atoms with van der Waals surface area (Å²) in [6.07, 6.45) is 8.42. The third kappa shape index (κ3) is 4.92. The second kappa shape index (κ2) is 9.04. The van der Waals surface area contributed by atoms with E-state index in [0.717, 1.165) is 17.0 Å². The van der Waals surface area contributed by atoms with Crippen molar-refractivity contribution in [2.45, 2.75) is 64.4 Å². The number of aromatic nitrogens is 1. The molecule has 3 aromatic rings. The molecule has 2 heteroatoms. The van der Waals surface area contributed by atoms with Gasteiger partial charge < -0.3 is 4.74 Å². The predicted octanol–water partition coefficient (Wildman–Crippen LogP) is 7.75. The van der Waals surface area contributed by atoms with Crippen LogP contribution in [0.2, 0.25) is 0 Å². The smallest absolute Gasteiger partial charge is 0.138 e. The molecule has 2 nitrogen and oxygen atoms in total. The minimum atomic E-state index is 0.102. The lowest BCUT2D eigenvalue weighted by Crippen LogP contribution is -2.21. The van der Waals surface area contributed by atoms with Crippen LogP contribution in [0.3, 0.4) is 0 Å². The van der Waals surface area contributed by atoms with Crippen LogP contribution in [0.25, 0.3) is 11.3 Å². The van der Waals surface area contributed by atoms with Crippen molar-refractivity contribution in [2.24, 2.45) is 5.92 Å². The SMILES string of the molecule is CC(C)(C)c1ccc(-c2ccc(OC(c3ccccc3)C3CCCCC3)cn2)cc1. The highest BCUT2D eigenvalue weighted by molar-refractivity contribution is 5.60. The van der Waals surface area contributed by atoms with Gasteiger partial charge in [-0.1, -0.05) is 94.6 Å². The number of rotatable bonds is 5. The molecule has 156 valence electrons. The van der Waals surface area contributed by atoms with Gasteiger partial charge in [0.25, 0.3) is 0 Å². The highest BCUT2D eigenvalue weighted by Gasteiger charge is 2.27. The molecule has 0 amide bonds. The third-order valence-corrected chi connectivity index (χ3v) is 6.25. The lowest BCUT2D eigenvalue weighted by atomic mass is 9.82. The summed E-state index contributed by atoms with van der Waals surface area (Å²) < 4.78 is 6.53.